The molecule has 212 valence electrons. The molecule has 7 heteroatoms. The number of nitrogens with zero attached hydrogens (tertiary/aromatic N) is 2. The second-order valence-electron chi connectivity index (χ2n) is 14.0. The normalized spacial score (nSPS) is 25.4. The molecule has 1 saturated carbocycles. The lowest BCUT2D eigenvalue weighted by Gasteiger charge is -2.48. The van der Waals surface area contributed by atoms with E-state index in [1.165, 1.54) is 18.6 Å². The molecule has 1 aliphatic carbocycles. The van der Waals surface area contributed by atoms with Gasteiger partial charge in [-0.3, -0.25) is 14.5 Å². The Morgan fingerprint density at radius 3 is 2.13 bits per heavy atom. The second-order valence-corrected chi connectivity index (χ2v) is 14.0. The molecule has 1 aromatic carbocycles. The Balaban J connectivity index is 1.55. The Hall–Kier alpha value is -2.02. The third-order valence-electron chi connectivity index (χ3n) is 9.24. The maximum absolute atomic E-state index is 14.9. The van der Waals surface area contributed by atoms with Gasteiger partial charge in [0.15, 0.2) is 0 Å². The maximum Gasteiger partial charge on any atom is 0.227 e. The quantitative estimate of drug-likeness (QED) is 0.528. The van der Waals surface area contributed by atoms with Crippen molar-refractivity contribution in [1.82, 2.24) is 15.1 Å². The largest absolute Gasteiger partial charge is 0.351 e. The fourth-order valence-corrected chi connectivity index (χ4v) is 7.02. The van der Waals surface area contributed by atoms with Crippen molar-refractivity contribution in [3.63, 3.8) is 0 Å². The summed E-state index contributed by atoms with van der Waals surface area (Å²) in [7, 11) is 0. The molecule has 0 spiro atoms. The lowest BCUT2D eigenvalue weighted by Crippen LogP contribution is -2.57. The van der Waals surface area contributed by atoms with E-state index in [0.717, 1.165) is 31.7 Å². The van der Waals surface area contributed by atoms with Gasteiger partial charge in [-0.05, 0) is 84.8 Å². The van der Waals surface area contributed by atoms with Crippen LogP contribution in [0, 0.1) is 28.9 Å². The zero-order valence-electron chi connectivity index (χ0n) is 24.2. The highest BCUT2D eigenvalue weighted by Gasteiger charge is 2.50. The van der Waals surface area contributed by atoms with E-state index in [9.17, 15) is 18.4 Å². The van der Waals surface area contributed by atoms with Crippen molar-refractivity contribution in [2.75, 3.05) is 26.2 Å². The Kier molecular flexibility index (Phi) is 8.28. The number of halogens is 2. The van der Waals surface area contributed by atoms with E-state index in [0.29, 0.717) is 50.5 Å². The molecule has 1 aromatic rings. The van der Waals surface area contributed by atoms with Gasteiger partial charge in [0.1, 0.15) is 11.6 Å². The maximum atomic E-state index is 14.9. The number of piperidine rings is 1. The van der Waals surface area contributed by atoms with Gasteiger partial charge in [0.25, 0.3) is 0 Å². The van der Waals surface area contributed by atoms with Gasteiger partial charge < -0.3 is 10.2 Å². The Morgan fingerprint density at radius 1 is 0.947 bits per heavy atom. The number of rotatable bonds is 4. The Bertz CT molecular complexity index is 1010. The number of hydrogen-bond acceptors (Lipinski definition) is 3. The highest BCUT2D eigenvalue weighted by atomic mass is 19.1. The van der Waals surface area contributed by atoms with Crippen molar-refractivity contribution >= 4 is 11.8 Å². The average Bonchev–Trinajstić information content (AvgIpc) is 3.29. The molecule has 0 radical (unpaired) electrons. The van der Waals surface area contributed by atoms with E-state index < -0.39 is 23.0 Å². The highest BCUT2D eigenvalue weighted by Crippen LogP contribution is 2.47. The zero-order chi connectivity index (χ0) is 27.9. The summed E-state index contributed by atoms with van der Waals surface area (Å²) in [5.41, 5.74) is -0.514. The Morgan fingerprint density at radius 2 is 1.58 bits per heavy atom. The topological polar surface area (TPSA) is 52.7 Å². The van der Waals surface area contributed by atoms with Crippen molar-refractivity contribution in [1.29, 1.82) is 0 Å². The monoisotopic (exact) mass is 531 g/mol. The molecule has 0 unspecified atom stereocenters. The summed E-state index contributed by atoms with van der Waals surface area (Å²) in [6.45, 7) is 14.5. The number of hydrogen-bond donors (Lipinski definition) is 1. The van der Waals surface area contributed by atoms with Crippen molar-refractivity contribution < 1.29 is 18.4 Å². The minimum atomic E-state index is -0.608. The van der Waals surface area contributed by atoms with Crippen LogP contribution in [-0.4, -0.2) is 58.9 Å². The van der Waals surface area contributed by atoms with Crippen molar-refractivity contribution in [2.24, 2.45) is 17.3 Å². The number of carbonyl (C=O) groups excluding carboxylic acids is 2. The van der Waals surface area contributed by atoms with Crippen LogP contribution in [0.3, 0.4) is 0 Å². The molecule has 0 bridgehead atoms. The van der Waals surface area contributed by atoms with Gasteiger partial charge in [0.2, 0.25) is 11.8 Å². The molecule has 5 nitrogen and oxygen atoms in total. The van der Waals surface area contributed by atoms with E-state index in [-0.39, 0.29) is 28.8 Å². The molecule has 3 fully saturated rings. The second kappa shape index (κ2) is 10.9. The summed E-state index contributed by atoms with van der Waals surface area (Å²) in [5, 5.41) is 3.27. The summed E-state index contributed by atoms with van der Waals surface area (Å²) in [6.07, 6.45) is 7.01. The Labute approximate surface area is 227 Å². The van der Waals surface area contributed by atoms with Gasteiger partial charge in [-0.1, -0.05) is 25.3 Å². The van der Waals surface area contributed by atoms with Gasteiger partial charge in [-0.25, -0.2) is 8.78 Å². The van der Waals surface area contributed by atoms with Crippen molar-refractivity contribution in [3.05, 3.63) is 35.4 Å². The first-order valence-electron chi connectivity index (χ1n) is 14.5. The van der Waals surface area contributed by atoms with E-state index in [1.807, 2.05) is 25.7 Å². The van der Waals surface area contributed by atoms with Crippen molar-refractivity contribution in [3.8, 4) is 0 Å². The first kappa shape index (κ1) is 29.0. The van der Waals surface area contributed by atoms with E-state index >= 15 is 0 Å². The average molecular weight is 532 g/mol. The number of nitrogens with one attached hydrogen (secondary N) is 1. The molecule has 3 aliphatic rings. The fourth-order valence-electron chi connectivity index (χ4n) is 7.02. The standard InChI is InChI=1S/C31H47F2N3O2/c1-29(2,3)34-28(38)31(21-10-8-7-9-11-21)14-16-35(17-15-31)27(37)25-20-36(30(4,5)6)19-24(25)23-13-12-22(32)18-26(23)33/h12-13,18,21,24-25H,7-11,14-17,19-20H2,1-6H3,(H,34,38)/t24-,25+/m0/s1. The lowest BCUT2D eigenvalue weighted by atomic mass is 9.63. The third kappa shape index (κ3) is 6.08. The van der Waals surface area contributed by atoms with Crippen LogP contribution < -0.4 is 5.32 Å². The SMILES string of the molecule is CC(C)(C)NC(=O)C1(C2CCCCC2)CCN(C(=O)[C@@H]2CN(C(C)(C)C)C[C@H]2c2ccc(F)cc2F)CC1. The van der Waals surface area contributed by atoms with Gasteiger partial charge in [0, 0.05) is 49.2 Å². The van der Waals surface area contributed by atoms with Crippen LogP contribution >= 0.6 is 0 Å². The predicted molar refractivity (Wildman–Crippen MR) is 147 cm³/mol. The van der Waals surface area contributed by atoms with E-state index in [4.69, 9.17) is 0 Å². The molecule has 38 heavy (non-hydrogen) atoms. The smallest absolute Gasteiger partial charge is 0.227 e. The summed E-state index contributed by atoms with van der Waals surface area (Å²) < 4.78 is 28.6. The number of benzene rings is 1. The minimum Gasteiger partial charge on any atom is -0.351 e. The highest BCUT2D eigenvalue weighted by molar-refractivity contribution is 5.85. The molecule has 2 atom stereocenters. The van der Waals surface area contributed by atoms with Crippen LogP contribution in [0.4, 0.5) is 8.78 Å². The van der Waals surface area contributed by atoms with Crippen LogP contribution in [0.5, 0.6) is 0 Å². The molecule has 4 rings (SSSR count). The molecular formula is C31H47F2N3O2. The van der Waals surface area contributed by atoms with Crippen LogP contribution in [0.2, 0.25) is 0 Å². The predicted octanol–water partition coefficient (Wildman–Crippen LogP) is 5.88. The minimum absolute atomic E-state index is 0.0268. The molecular weight excluding hydrogens is 484 g/mol. The number of carbonyl (C=O) groups is 2. The van der Waals surface area contributed by atoms with Crippen LogP contribution in [0.1, 0.15) is 98.0 Å². The lowest BCUT2D eigenvalue weighted by molar-refractivity contribution is -0.148. The molecule has 2 saturated heterocycles. The van der Waals surface area contributed by atoms with Crippen LogP contribution in [0.25, 0.3) is 0 Å². The summed E-state index contributed by atoms with van der Waals surface area (Å²) in [6, 6.07) is 3.71. The number of amides is 2. The molecule has 2 aliphatic heterocycles. The summed E-state index contributed by atoms with van der Waals surface area (Å²) in [5.74, 6) is -1.43. The molecule has 0 aromatic heterocycles. The summed E-state index contributed by atoms with van der Waals surface area (Å²) >= 11 is 0. The first-order chi connectivity index (χ1) is 17.7. The van der Waals surface area contributed by atoms with Crippen LogP contribution in [0.15, 0.2) is 18.2 Å². The van der Waals surface area contributed by atoms with Gasteiger partial charge in [0.05, 0.1) is 11.3 Å². The summed E-state index contributed by atoms with van der Waals surface area (Å²) in [4.78, 5) is 31.9. The number of likely N-dealkylation sites (tertiary alicyclic amines) is 2. The third-order valence-corrected chi connectivity index (χ3v) is 9.24. The zero-order valence-corrected chi connectivity index (χ0v) is 24.2. The van der Waals surface area contributed by atoms with E-state index in [2.05, 4.69) is 31.0 Å². The van der Waals surface area contributed by atoms with Crippen molar-refractivity contribution in [2.45, 2.75) is 103 Å². The molecule has 1 N–H and O–H groups in total. The van der Waals surface area contributed by atoms with Gasteiger partial charge >= 0.3 is 0 Å². The van der Waals surface area contributed by atoms with Gasteiger partial charge in [-0.2, -0.15) is 0 Å². The fraction of sp³-hybridized carbons (Fsp3) is 0.742. The first-order valence-corrected chi connectivity index (χ1v) is 14.5. The van der Waals surface area contributed by atoms with E-state index in [1.54, 1.807) is 0 Å². The molecule has 2 amide bonds. The van der Waals surface area contributed by atoms with Crippen LogP contribution in [-0.2, 0) is 9.59 Å². The molecule has 2 heterocycles. The van der Waals surface area contributed by atoms with Gasteiger partial charge in [-0.15, -0.1) is 0 Å².